The van der Waals surface area contributed by atoms with Gasteiger partial charge in [0.25, 0.3) is 0 Å². The van der Waals surface area contributed by atoms with E-state index < -0.39 is 0 Å². The molecule has 70 valence electrons. The second kappa shape index (κ2) is 3.90. The molecule has 1 aliphatic heterocycles. The highest BCUT2D eigenvalue weighted by Gasteiger charge is 2.21. The van der Waals surface area contributed by atoms with E-state index in [2.05, 4.69) is 18.8 Å². The third-order valence-electron chi connectivity index (χ3n) is 2.00. The van der Waals surface area contributed by atoms with Crippen molar-refractivity contribution in [3.63, 3.8) is 0 Å². The Morgan fingerprint density at radius 1 is 1.58 bits per heavy atom. The van der Waals surface area contributed by atoms with E-state index >= 15 is 0 Å². The minimum Gasteiger partial charge on any atom is -0.479 e. The van der Waals surface area contributed by atoms with Crippen LogP contribution < -0.4 is 5.73 Å². The number of hydrogen-bond donors (Lipinski definition) is 1. The summed E-state index contributed by atoms with van der Waals surface area (Å²) >= 11 is 0. The van der Waals surface area contributed by atoms with E-state index in [1.54, 1.807) is 0 Å². The van der Waals surface area contributed by atoms with Gasteiger partial charge in [0, 0.05) is 12.5 Å². The lowest BCUT2D eigenvalue weighted by Gasteiger charge is -2.06. The van der Waals surface area contributed by atoms with Gasteiger partial charge in [-0.1, -0.05) is 13.8 Å². The lowest BCUT2D eigenvalue weighted by Crippen LogP contribution is -2.19. The van der Waals surface area contributed by atoms with Crippen LogP contribution in [0, 0.1) is 5.92 Å². The maximum absolute atomic E-state index is 5.63. The van der Waals surface area contributed by atoms with Crippen molar-refractivity contribution < 1.29 is 4.74 Å². The van der Waals surface area contributed by atoms with E-state index in [0.29, 0.717) is 12.0 Å². The van der Waals surface area contributed by atoms with Gasteiger partial charge < -0.3 is 10.5 Å². The fourth-order valence-corrected chi connectivity index (χ4v) is 1.17. The van der Waals surface area contributed by atoms with Gasteiger partial charge in [0.15, 0.2) is 5.90 Å². The predicted molar refractivity (Wildman–Crippen MR) is 50.3 cm³/mol. The number of rotatable bonds is 3. The molecule has 3 heteroatoms. The molecule has 0 aromatic heterocycles. The first-order valence-electron chi connectivity index (χ1n) is 4.54. The number of nitrogens with two attached hydrogens (primary N) is 1. The second-order valence-electron chi connectivity index (χ2n) is 3.83. The van der Waals surface area contributed by atoms with Crippen molar-refractivity contribution in [1.82, 2.24) is 0 Å². The van der Waals surface area contributed by atoms with Crippen LogP contribution in [0.3, 0.4) is 0 Å². The van der Waals surface area contributed by atoms with E-state index in [9.17, 15) is 0 Å². The summed E-state index contributed by atoms with van der Waals surface area (Å²) in [6.45, 7) is 7.02. The molecular formula is C9H18N2O. The van der Waals surface area contributed by atoms with Gasteiger partial charge in [0.05, 0.1) is 6.04 Å². The van der Waals surface area contributed by atoms with Crippen molar-refractivity contribution in [3.05, 3.63) is 0 Å². The van der Waals surface area contributed by atoms with Crippen LogP contribution in [0.15, 0.2) is 4.99 Å². The molecule has 0 aromatic rings. The molecule has 0 bridgehead atoms. The maximum Gasteiger partial charge on any atom is 0.185 e. The number of nitrogens with zero attached hydrogens (tertiary/aromatic N) is 1. The van der Waals surface area contributed by atoms with Crippen LogP contribution in [0.25, 0.3) is 0 Å². The van der Waals surface area contributed by atoms with Gasteiger partial charge in [-0.3, -0.25) is 0 Å². The Hall–Kier alpha value is -0.570. The van der Waals surface area contributed by atoms with Gasteiger partial charge in [-0.05, 0) is 12.8 Å². The standard InChI is InChI=1S/C9H18N2O/c1-6(2)8-5-12-9(11-8)4-7(3)10/h6-8H,4-5,10H2,1-3H3. The van der Waals surface area contributed by atoms with Gasteiger partial charge in [0.2, 0.25) is 0 Å². The molecule has 2 unspecified atom stereocenters. The predicted octanol–water partition coefficient (Wildman–Crippen LogP) is 1.18. The molecule has 0 spiro atoms. The SMILES string of the molecule is CC(N)CC1=NC(C(C)C)CO1. The van der Waals surface area contributed by atoms with Crippen molar-refractivity contribution in [2.75, 3.05) is 6.61 Å². The Morgan fingerprint density at radius 2 is 2.25 bits per heavy atom. The molecule has 12 heavy (non-hydrogen) atoms. The Morgan fingerprint density at radius 3 is 2.67 bits per heavy atom. The lowest BCUT2D eigenvalue weighted by atomic mass is 10.1. The van der Waals surface area contributed by atoms with Crippen LogP contribution in [-0.2, 0) is 4.74 Å². The molecule has 0 fully saturated rings. The molecule has 0 amide bonds. The molecule has 1 aliphatic rings. The Labute approximate surface area is 74.0 Å². The number of ether oxygens (including phenoxy) is 1. The Kier molecular flexibility index (Phi) is 3.09. The quantitative estimate of drug-likeness (QED) is 0.691. The minimum absolute atomic E-state index is 0.148. The van der Waals surface area contributed by atoms with Crippen molar-refractivity contribution in [3.8, 4) is 0 Å². The molecule has 1 heterocycles. The highest BCUT2D eigenvalue weighted by molar-refractivity contribution is 5.78. The van der Waals surface area contributed by atoms with Crippen molar-refractivity contribution >= 4 is 5.90 Å². The van der Waals surface area contributed by atoms with Crippen molar-refractivity contribution in [2.24, 2.45) is 16.6 Å². The van der Waals surface area contributed by atoms with Crippen LogP contribution >= 0.6 is 0 Å². The average Bonchev–Trinajstić information content (AvgIpc) is 2.34. The molecule has 0 aliphatic carbocycles. The van der Waals surface area contributed by atoms with E-state index in [1.807, 2.05) is 6.92 Å². The molecule has 0 radical (unpaired) electrons. The minimum atomic E-state index is 0.148. The van der Waals surface area contributed by atoms with Crippen molar-refractivity contribution in [1.29, 1.82) is 0 Å². The largest absolute Gasteiger partial charge is 0.479 e. The first kappa shape index (κ1) is 9.52. The highest BCUT2D eigenvalue weighted by atomic mass is 16.5. The van der Waals surface area contributed by atoms with E-state index in [4.69, 9.17) is 10.5 Å². The maximum atomic E-state index is 5.63. The van der Waals surface area contributed by atoms with Crippen LogP contribution in [-0.4, -0.2) is 24.6 Å². The zero-order valence-electron chi connectivity index (χ0n) is 8.08. The third-order valence-corrected chi connectivity index (χ3v) is 2.00. The summed E-state index contributed by atoms with van der Waals surface area (Å²) in [7, 11) is 0. The Balaban J connectivity index is 2.43. The summed E-state index contributed by atoms with van der Waals surface area (Å²) in [5.74, 6) is 1.40. The third kappa shape index (κ3) is 2.48. The van der Waals surface area contributed by atoms with Crippen molar-refractivity contribution in [2.45, 2.75) is 39.3 Å². The van der Waals surface area contributed by atoms with E-state index in [1.165, 1.54) is 0 Å². The topological polar surface area (TPSA) is 47.6 Å². The van der Waals surface area contributed by atoms with Gasteiger partial charge in [-0.15, -0.1) is 0 Å². The molecule has 1 rings (SSSR count). The van der Waals surface area contributed by atoms with Gasteiger partial charge in [-0.25, -0.2) is 4.99 Å². The van der Waals surface area contributed by atoms with E-state index in [0.717, 1.165) is 18.9 Å². The summed E-state index contributed by atoms with van der Waals surface area (Å²) in [5.41, 5.74) is 5.63. The molecule has 2 N–H and O–H groups in total. The van der Waals surface area contributed by atoms with E-state index in [-0.39, 0.29) is 6.04 Å². The summed E-state index contributed by atoms with van der Waals surface area (Å²) in [6.07, 6.45) is 0.767. The number of aliphatic imine (C=N–C) groups is 1. The first-order valence-corrected chi connectivity index (χ1v) is 4.54. The fraction of sp³-hybridized carbons (Fsp3) is 0.889. The van der Waals surface area contributed by atoms with Crippen LogP contribution in [0.4, 0.5) is 0 Å². The summed E-state index contributed by atoms with van der Waals surface area (Å²) in [6, 6.07) is 0.494. The summed E-state index contributed by atoms with van der Waals surface area (Å²) in [5, 5.41) is 0. The van der Waals surface area contributed by atoms with Crippen LogP contribution in [0.2, 0.25) is 0 Å². The molecule has 3 nitrogen and oxygen atoms in total. The molecular weight excluding hydrogens is 152 g/mol. The molecule has 0 saturated heterocycles. The second-order valence-corrected chi connectivity index (χ2v) is 3.83. The monoisotopic (exact) mass is 170 g/mol. The van der Waals surface area contributed by atoms with Gasteiger partial charge >= 0.3 is 0 Å². The first-order chi connectivity index (χ1) is 5.59. The zero-order valence-corrected chi connectivity index (χ0v) is 8.08. The van der Waals surface area contributed by atoms with Crippen LogP contribution in [0.5, 0.6) is 0 Å². The van der Waals surface area contributed by atoms with Gasteiger partial charge in [0.1, 0.15) is 6.61 Å². The number of hydrogen-bond acceptors (Lipinski definition) is 3. The smallest absolute Gasteiger partial charge is 0.185 e. The van der Waals surface area contributed by atoms with Gasteiger partial charge in [-0.2, -0.15) is 0 Å². The summed E-state index contributed by atoms with van der Waals surface area (Å²) in [4.78, 5) is 4.44. The average molecular weight is 170 g/mol. The molecule has 2 atom stereocenters. The van der Waals surface area contributed by atoms with Crippen LogP contribution in [0.1, 0.15) is 27.2 Å². The lowest BCUT2D eigenvalue weighted by molar-refractivity contribution is 0.284. The fourth-order valence-electron chi connectivity index (χ4n) is 1.17. The Bertz CT molecular complexity index is 175. The molecule has 0 saturated carbocycles. The normalized spacial score (nSPS) is 25.4. The molecule has 0 aromatic carbocycles. The summed E-state index contributed by atoms with van der Waals surface area (Å²) < 4.78 is 5.41. The highest BCUT2D eigenvalue weighted by Crippen LogP contribution is 2.15. The zero-order chi connectivity index (χ0) is 9.14.